The number of aliphatic hydroxyl groups is 1. The van der Waals surface area contributed by atoms with Crippen molar-refractivity contribution in [2.24, 2.45) is 0 Å². The Morgan fingerprint density at radius 3 is 2.78 bits per heavy atom. The number of carbonyl (C=O) groups excluding carboxylic acids is 1. The van der Waals surface area contributed by atoms with Gasteiger partial charge in [-0.2, -0.15) is 0 Å². The molecule has 0 aliphatic rings. The van der Waals surface area contributed by atoms with E-state index in [1.165, 1.54) is 12.1 Å². The molecule has 23 heavy (non-hydrogen) atoms. The van der Waals surface area contributed by atoms with Crippen LogP contribution in [0.2, 0.25) is 0 Å². The summed E-state index contributed by atoms with van der Waals surface area (Å²) in [4.78, 5) is 24.5. The zero-order chi connectivity index (χ0) is 16.8. The topological polar surface area (TPSA) is 114 Å². The van der Waals surface area contributed by atoms with Crippen molar-refractivity contribution in [3.8, 4) is 5.75 Å². The monoisotopic (exact) mass is 318 g/mol. The number of phenols is 1. The first-order chi connectivity index (χ1) is 11.0. The van der Waals surface area contributed by atoms with Gasteiger partial charge in [0.15, 0.2) is 0 Å². The average Bonchev–Trinajstić information content (AvgIpc) is 2.51. The predicted molar refractivity (Wildman–Crippen MR) is 87.0 cm³/mol. The van der Waals surface area contributed by atoms with Crippen LogP contribution < -0.4 is 16.2 Å². The van der Waals surface area contributed by atoms with Gasteiger partial charge in [0.25, 0.3) is 0 Å². The number of hydrogen-bond acceptors (Lipinski definition) is 5. The van der Waals surface area contributed by atoms with E-state index in [0.717, 1.165) is 6.42 Å². The second kappa shape index (κ2) is 7.75. The maximum absolute atomic E-state index is 11.4. The molecule has 0 fully saturated rings. The molecule has 0 aliphatic carbocycles. The van der Waals surface area contributed by atoms with E-state index in [2.05, 4.69) is 22.5 Å². The third kappa shape index (κ3) is 4.54. The molecule has 1 amide bonds. The summed E-state index contributed by atoms with van der Waals surface area (Å²) in [6.45, 7) is 4.68. The molecule has 1 aromatic heterocycles. The van der Waals surface area contributed by atoms with Gasteiger partial charge in [0.1, 0.15) is 5.75 Å². The summed E-state index contributed by atoms with van der Waals surface area (Å²) < 4.78 is 0. The first kappa shape index (κ1) is 17.0. The maximum Gasteiger partial charge on any atom is 0.248 e. The lowest BCUT2D eigenvalue weighted by atomic mass is 10.0. The highest BCUT2D eigenvalue weighted by Crippen LogP contribution is 2.28. The highest BCUT2D eigenvalue weighted by Gasteiger charge is 2.13. The fraction of sp³-hybridized carbons (Fsp3) is 0.312. The first-order valence-corrected chi connectivity index (χ1v) is 7.32. The molecule has 1 radical (unpaired) electrons. The number of aromatic amines is 1. The Kier molecular flexibility index (Phi) is 5.72. The highest BCUT2D eigenvalue weighted by molar-refractivity contribution is 5.87. The zero-order valence-electron chi connectivity index (χ0n) is 12.6. The number of fused-ring (bicyclic) bond motifs is 1. The van der Waals surface area contributed by atoms with Crippen molar-refractivity contribution < 1.29 is 15.0 Å². The first-order valence-electron chi connectivity index (χ1n) is 7.32. The van der Waals surface area contributed by atoms with Crippen LogP contribution in [0.4, 0.5) is 0 Å². The van der Waals surface area contributed by atoms with Crippen molar-refractivity contribution in [2.75, 3.05) is 19.6 Å². The zero-order valence-corrected chi connectivity index (χ0v) is 12.6. The van der Waals surface area contributed by atoms with Crippen LogP contribution in [0, 0.1) is 6.92 Å². The molecule has 1 aromatic carbocycles. The number of aromatic hydroxyl groups is 1. The van der Waals surface area contributed by atoms with E-state index in [9.17, 15) is 19.8 Å². The second-order valence-corrected chi connectivity index (χ2v) is 5.21. The Morgan fingerprint density at radius 1 is 1.26 bits per heavy atom. The molecule has 123 valence electrons. The van der Waals surface area contributed by atoms with Gasteiger partial charge in [-0.3, -0.25) is 9.59 Å². The molecular formula is C16H20N3O4. The van der Waals surface area contributed by atoms with Crippen molar-refractivity contribution in [2.45, 2.75) is 12.5 Å². The van der Waals surface area contributed by atoms with E-state index >= 15 is 0 Å². The minimum absolute atomic E-state index is 0.0366. The summed E-state index contributed by atoms with van der Waals surface area (Å²) in [6, 6.07) is 6.01. The molecule has 0 aliphatic heterocycles. The van der Waals surface area contributed by atoms with Crippen LogP contribution in [0.5, 0.6) is 5.75 Å². The molecule has 0 bridgehead atoms. The van der Waals surface area contributed by atoms with E-state index in [1.54, 1.807) is 12.1 Å². The second-order valence-electron chi connectivity index (χ2n) is 5.21. The number of pyridine rings is 1. The SMILES string of the molecule is [CH2]C(=O)NCCCNC[C@H](O)c1ccc(O)c2[nH]c(=O)ccc12. The van der Waals surface area contributed by atoms with E-state index < -0.39 is 6.10 Å². The van der Waals surface area contributed by atoms with Gasteiger partial charge in [0, 0.05) is 31.5 Å². The number of carbonyl (C=O) groups is 1. The molecule has 7 nitrogen and oxygen atoms in total. The molecule has 7 heteroatoms. The fourth-order valence-corrected chi connectivity index (χ4v) is 2.34. The highest BCUT2D eigenvalue weighted by atomic mass is 16.3. The Morgan fingerprint density at radius 2 is 2.04 bits per heavy atom. The summed E-state index contributed by atoms with van der Waals surface area (Å²) >= 11 is 0. The molecule has 1 atom stereocenters. The van der Waals surface area contributed by atoms with E-state index in [-0.39, 0.29) is 17.2 Å². The van der Waals surface area contributed by atoms with Crippen LogP contribution in [0.15, 0.2) is 29.1 Å². The van der Waals surface area contributed by atoms with Gasteiger partial charge in [0.05, 0.1) is 11.6 Å². The molecule has 0 spiro atoms. The van der Waals surface area contributed by atoms with Gasteiger partial charge in [-0.05, 0) is 30.7 Å². The Bertz CT molecular complexity index is 742. The third-order valence-electron chi connectivity index (χ3n) is 3.46. The van der Waals surface area contributed by atoms with E-state index in [1.807, 2.05) is 0 Å². The minimum Gasteiger partial charge on any atom is -0.506 e. The van der Waals surface area contributed by atoms with Gasteiger partial charge >= 0.3 is 0 Å². The lowest BCUT2D eigenvalue weighted by Gasteiger charge is -2.15. The summed E-state index contributed by atoms with van der Waals surface area (Å²) in [6.07, 6.45) is -0.0658. The van der Waals surface area contributed by atoms with Gasteiger partial charge in [0.2, 0.25) is 11.5 Å². The number of amides is 1. The molecule has 0 saturated carbocycles. The van der Waals surface area contributed by atoms with Gasteiger partial charge < -0.3 is 25.8 Å². The standard InChI is InChI=1S/C16H20N3O4/c1-10(20)18-8-2-7-17-9-14(22)11-3-5-13(21)16-12(11)4-6-15(23)19-16/h3-6,14,17,21-22H,1-2,7-9H2,(H,18,20)(H,19,23)/t14-/m0/s1. The normalized spacial score (nSPS) is 12.3. The Balaban J connectivity index is 1.98. The summed E-state index contributed by atoms with van der Waals surface area (Å²) in [5.41, 5.74) is 0.616. The van der Waals surface area contributed by atoms with Gasteiger partial charge in [-0.25, -0.2) is 0 Å². The number of hydrogen-bond donors (Lipinski definition) is 5. The Hall–Kier alpha value is -2.38. The van der Waals surface area contributed by atoms with Gasteiger partial charge in [-0.15, -0.1) is 0 Å². The van der Waals surface area contributed by atoms with Crippen LogP contribution in [0.3, 0.4) is 0 Å². The van der Waals surface area contributed by atoms with Crippen molar-refractivity contribution in [3.05, 3.63) is 47.1 Å². The number of phenolic OH excluding ortho intramolecular Hbond substituents is 1. The van der Waals surface area contributed by atoms with Crippen molar-refractivity contribution in [1.29, 1.82) is 0 Å². The molecule has 2 aromatic rings. The van der Waals surface area contributed by atoms with Crippen molar-refractivity contribution >= 4 is 16.8 Å². The van der Waals surface area contributed by atoms with Crippen LogP contribution in [-0.4, -0.2) is 40.7 Å². The predicted octanol–water partition coefficient (Wildman–Crippen LogP) is 0.197. The molecule has 1 heterocycles. The number of benzene rings is 1. The number of rotatable bonds is 7. The lowest BCUT2D eigenvalue weighted by Crippen LogP contribution is -2.27. The van der Waals surface area contributed by atoms with Crippen LogP contribution >= 0.6 is 0 Å². The number of H-pyrrole nitrogens is 1. The fourth-order valence-electron chi connectivity index (χ4n) is 2.34. The average molecular weight is 318 g/mol. The van der Waals surface area contributed by atoms with E-state index in [4.69, 9.17) is 0 Å². The van der Waals surface area contributed by atoms with Crippen LogP contribution in [-0.2, 0) is 4.79 Å². The summed E-state index contributed by atoms with van der Waals surface area (Å²) in [5.74, 6) is -0.347. The van der Waals surface area contributed by atoms with E-state index in [0.29, 0.717) is 36.1 Å². The lowest BCUT2D eigenvalue weighted by molar-refractivity contribution is -0.116. The smallest absolute Gasteiger partial charge is 0.248 e. The van der Waals surface area contributed by atoms with Crippen molar-refractivity contribution in [1.82, 2.24) is 15.6 Å². The molecule has 0 unspecified atom stereocenters. The molecule has 2 rings (SSSR count). The maximum atomic E-state index is 11.4. The third-order valence-corrected chi connectivity index (χ3v) is 3.46. The number of aromatic nitrogens is 1. The van der Waals surface area contributed by atoms with Gasteiger partial charge in [-0.1, -0.05) is 6.07 Å². The van der Waals surface area contributed by atoms with Crippen molar-refractivity contribution in [3.63, 3.8) is 0 Å². The number of nitrogens with one attached hydrogen (secondary N) is 3. The van der Waals surface area contributed by atoms with Crippen LogP contribution in [0.25, 0.3) is 10.9 Å². The molecule has 0 saturated heterocycles. The van der Waals surface area contributed by atoms with Crippen LogP contribution in [0.1, 0.15) is 18.1 Å². The number of aliphatic hydroxyl groups excluding tert-OH is 1. The quantitative estimate of drug-likeness (QED) is 0.468. The largest absolute Gasteiger partial charge is 0.506 e. The minimum atomic E-state index is -0.786. The summed E-state index contributed by atoms with van der Waals surface area (Å²) in [7, 11) is 0. The summed E-state index contributed by atoms with van der Waals surface area (Å²) in [5, 5.41) is 26.4. The molecule has 5 N–H and O–H groups in total. The Labute approximate surface area is 133 Å². The molecular weight excluding hydrogens is 298 g/mol.